The zero-order valence-electron chi connectivity index (χ0n) is 21.0. The largest absolute Gasteiger partial charge is 0.449 e. The number of amides is 3. The number of hydrogen-bond acceptors (Lipinski definition) is 6. The van der Waals surface area contributed by atoms with Crippen LogP contribution in [0.1, 0.15) is 68.9 Å². The minimum absolute atomic E-state index is 0.00957. The van der Waals surface area contributed by atoms with Crippen molar-refractivity contribution in [1.82, 2.24) is 20.4 Å². The Morgan fingerprint density at radius 3 is 2.54 bits per heavy atom. The molecule has 0 spiro atoms. The maximum atomic E-state index is 13.4. The van der Waals surface area contributed by atoms with Crippen molar-refractivity contribution in [3.8, 4) is 0 Å². The Labute approximate surface area is 206 Å². The molecule has 4 N–H and O–H groups in total. The number of primary amides is 1. The van der Waals surface area contributed by atoms with Crippen LogP contribution in [0.3, 0.4) is 0 Å². The third-order valence-electron chi connectivity index (χ3n) is 7.77. The van der Waals surface area contributed by atoms with Crippen LogP contribution in [-0.4, -0.2) is 53.0 Å². The summed E-state index contributed by atoms with van der Waals surface area (Å²) in [5.74, 6) is 1.05. The van der Waals surface area contributed by atoms with Gasteiger partial charge in [0.25, 0.3) is 5.91 Å². The molecule has 1 aromatic heterocycles. The van der Waals surface area contributed by atoms with E-state index >= 15 is 0 Å². The van der Waals surface area contributed by atoms with Gasteiger partial charge >= 0.3 is 6.09 Å². The number of nitrogens with zero attached hydrogens (tertiary/aromatic N) is 2. The Kier molecular flexibility index (Phi) is 6.95. The van der Waals surface area contributed by atoms with Crippen molar-refractivity contribution in [2.24, 2.45) is 28.9 Å². The van der Waals surface area contributed by atoms with Gasteiger partial charge in [0.05, 0.1) is 36.2 Å². The van der Waals surface area contributed by atoms with E-state index in [-0.39, 0.29) is 29.9 Å². The lowest BCUT2D eigenvalue weighted by atomic mass is 9.48. The summed E-state index contributed by atoms with van der Waals surface area (Å²) in [5.41, 5.74) is 5.78. The van der Waals surface area contributed by atoms with Crippen molar-refractivity contribution in [2.45, 2.75) is 71.1 Å². The maximum Gasteiger partial charge on any atom is 0.404 e. The summed E-state index contributed by atoms with van der Waals surface area (Å²) in [6.07, 6.45) is 9.53. The molecule has 1 aromatic rings. The highest BCUT2D eigenvalue weighted by atomic mass is 16.5. The van der Waals surface area contributed by atoms with E-state index in [1.54, 1.807) is 24.2 Å². The van der Waals surface area contributed by atoms with Gasteiger partial charge in [-0.05, 0) is 69.8 Å². The van der Waals surface area contributed by atoms with Gasteiger partial charge in [-0.2, -0.15) is 5.10 Å². The molecule has 0 aromatic carbocycles. The number of nitrogens with two attached hydrogens (primary N) is 1. The molecule has 0 saturated heterocycles. The summed E-state index contributed by atoms with van der Waals surface area (Å²) in [5, 5.41) is 10.6. The molecule has 4 saturated carbocycles. The lowest BCUT2D eigenvalue weighted by Crippen LogP contribution is -2.60. The SMILES string of the molecule is COCc1c(C(=O)NC2C3CC4CC2CC(COC(N)=O)(C4)C3)cnn1/C=C/C(C)(C)NC(C)=O. The van der Waals surface area contributed by atoms with E-state index in [0.29, 0.717) is 35.6 Å². The van der Waals surface area contributed by atoms with Crippen LogP contribution in [0, 0.1) is 23.2 Å². The molecule has 5 rings (SSSR count). The van der Waals surface area contributed by atoms with Gasteiger partial charge in [0.2, 0.25) is 5.91 Å². The monoisotopic (exact) mass is 487 g/mol. The van der Waals surface area contributed by atoms with E-state index in [1.807, 2.05) is 19.9 Å². The molecule has 1 heterocycles. The summed E-state index contributed by atoms with van der Waals surface area (Å²) < 4.78 is 12.2. The average molecular weight is 488 g/mol. The molecule has 0 radical (unpaired) electrons. The highest BCUT2D eigenvalue weighted by Gasteiger charge is 2.56. The molecule has 10 nitrogen and oxygen atoms in total. The van der Waals surface area contributed by atoms with Gasteiger partial charge in [-0.1, -0.05) is 0 Å². The first-order valence-electron chi connectivity index (χ1n) is 12.3. The number of aromatic nitrogens is 2. The normalized spacial score (nSPS) is 29.4. The lowest BCUT2D eigenvalue weighted by Gasteiger charge is -2.59. The Balaban J connectivity index is 1.48. The molecule has 3 amide bonds. The minimum Gasteiger partial charge on any atom is -0.449 e. The number of hydrogen-bond donors (Lipinski definition) is 3. The van der Waals surface area contributed by atoms with Gasteiger partial charge in [-0.25, -0.2) is 9.48 Å². The average Bonchev–Trinajstić information content (AvgIpc) is 3.15. The predicted octanol–water partition coefficient (Wildman–Crippen LogP) is 2.43. The highest BCUT2D eigenvalue weighted by molar-refractivity contribution is 5.95. The Morgan fingerprint density at radius 1 is 1.26 bits per heavy atom. The van der Waals surface area contributed by atoms with Crippen LogP contribution >= 0.6 is 0 Å². The molecule has 192 valence electrons. The Hall–Kier alpha value is -2.88. The number of ether oxygens (including phenoxy) is 2. The highest BCUT2D eigenvalue weighted by Crippen LogP contribution is 2.60. The number of methoxy groups -OCH3 is 1. The van der Waals surface area contributed by atoms with Gasteiger partial charge in [0, 0.05) is 31.7 Å². The molecule has 10 heteroatoms. The van der Waals surface area contributed by atoms with Crippen molar-refractivity contribution in [3.63, 3.8) is 0 Å². The van der Waals surface area contributed by atoms with E-state index in [2.05, 4.69) is 15.7 Å². The number of carbonyl (C=O) groups is 3. The molecule has 4 fully saturated rings. The minimum atomic E-state index is -0.720. The fourth-order valence-electron chi connectivity index (χ4n) is 6.80. The van der Waals surface area contributed by atoms with Crippen LogP contribution in [0.25, 0.3) is 6.20 Å². The van der Waals surface area contributed by atoms with Crippen LogP contribution in [-0.2, 0) is 20.9 Å². The zero-order chi connectivity index (χ0) is 25.4. The van der Waals surface area contributed by atoms with Gasteiger partial charge in [0.15, 0.2) is 0 Å². The third-order valence-corrected chi connectivity index (χ3v) is 7.77. The van der Waals surface area contributed by atoms with Gasteiger partial charge < -0.3 is 25.8 Å². The molecular formula is C25H37N5O5. The quantitative estimate of drug-likeness (QED) is 0.489. The smallest absolute Gasteiger partial charge is 0.404 e. The summed E-state index contributed by atoms with van der Waals surface area (Å²) >= 11 is 0. The number of rotatable bonds is 9. The summed E-state index contributed by atoms with van der Waals surface area (Å²) in [4.78, 5) is 36.0. The molecule has 4 bridgehead atoms. The standard InChI is InChI=1S/C25H37N5O5/c1-15(31)29-24(2,3)5-6-30-20(13-34-4)19(12-27-30)22(32)28-21-17-7-16-8-18(21)11-25(9-16,10-17)14-35-23(26)33/h5-6,12,16-18,21H,7-11,13-14H2,1-4H3,(H2,26,33)(H,28,32)(H,29,31)/b6-5+. The van der Waals surface area contributed by atoms with Gasteiger partial charge in [-0.15, -0.1) is 0 Å². The first kappa shape index (κ1) is 25.2. The van der Waals surface area contributed by atoms with Crippen molar-refractivity contribution in [3.05, 3.63) is 23.5 Å². The molecule has 2 unspecified atom stereocenters. The molecule has 2 atom stereocenters. The second-order valence-corrected chi connectivity index (χ2v) is 11.2. The fraction of sp³-hybridized carbons (Fsp3) is 0.680. The van der Waals surface area contributed by atoms with E-state index in [1.165, 1.54) is 6.92 Å². The molecule has 0 aliphatic heterocycles. The molecule has 35 heavy (non-hydrogen) atoms. The first-order valence-corrected chi connectivity index (χ1v) is 12.3. The number of nitrogens with one attached hydrogen (secondary N) is 2. The van der Waals surface area contributed by atoms with E-state index < -0.39 is 11.6 Å². The second-order valence-electron chi connectivity index (χ2n) is 11.2. The summed E-state index contributed by atoms with van der Waals surface area (Å²) in [6, 6.07) is 0.0914. The van der Waals surface area contributed by atoms with Crippen molar-refractivity contribution < 1.29 is 23.9 Å². The lowest BCUT2D eigenvalue weighted by molar-refractivity contribution is -0.120. The Morgan fingerprint density at radius 2 is 1.94 bits per heavy atom. The summed E-state index contributed by atoms with van der Waals surface area (Å²) in [6.45, 7) is 5.83. The fourth-order valence-corrected chi connectivity index (χ4v) is 6.80. The molecular weight excluding hydrogens is 450 g/mol. The number of carbonyl (C=O) groups excluding carboxylic acids is 3. The third kappa shape index (κ3) is 5.52. The molecule has 4 aliphatic carbocycles. The van der Waals surface area contributed by atoms with Crippen LogP contribution < -0.4 is 16.4 Å². The van der Waals surface area contributed by atoms with Crippen molar-refractivity contribution in [2.75, 3.05) is 13.7 Å². The van der Waals surface area contributed by atoms with E-state index in [9.17, 15) is 14.4 Å². The second kappa shape index (κ2) is 9.64. The van der Waals surface area contributed by atoms with Crippen molar-refractivity contribution in [1.29, 1.82) is 0 Å². The van der Waals surface area contributed by atoms with E-state index in [0.717, 1.165) is 32.1 Å². The van der Waals surface area contributed by atoms with Gasteiger partial charge in [-0.3, -0.25) is 9.59 Å². The first-order chi connectivity index (χ1) is 16.5. The van der Waals surface area contributed by atoms with Gasteiger partial charge in [0.1, 0.15) is 0 Å². The van der Waals surface area contributed by atoms with Crippen LogP contribution in [0.5, 0.6) is 0 Å². The summed E-state index contributed by atoms with van der Waals surface area (Å²) in [7, 11) is 1.58. The predicted molar refractivity (Wildman–Crippen MR) is 129 cm³/mol. The topological polar surface area (TPSA) is 138 Å². The van der Waals surface area contributed by atoms with Crippen molar-refractivity contribution >= 4 is 24.1 Å². The van der Waals surface area contributed by atoms with Crippen LogP contribution in [0.15, 0.2) is 12.3 Å². The Bertz CT molecular complexity index is 1000. The molecule has 4 aliphatic rings. The maximum absolute atomic E-state index is 13.4. The van der Waals surface area contributed by atoms with E-state index in [4.69, 9.17) is 15.2 Å². The van der Waals surface area contributed by atoms with Crippen LogP contribution in [0.4, 0.5) is 4.79 Å². The van der Waals surface area contributed by atoms with Crippen LogP contribution in [0.2, 0.25) is 0 Å². The zero-order valence-corrected chi connectivity index (χ0v) is 21.0.